The fourth-order valence-electron chi connectivity index (χ4n) is 2.32. The van der Waals surface area contributed by atoms with Crippen molar-refractivity contribution < 1.29 is 18.3 Å². The minimum atomic E-state index is -3.44. The van der Waals surface area contributed by atoms with Crippen molar-refractivity contribution in [1.82, 2.24) is 14.2 Å². The van der Waals surface area contributed by atoms with Crippen molar-refractivity contribution in [1.29, 1.82) is 0 Å². The number of amides is 1. The van der Waals surface area contributed by atoms with E-state index in [0.29, 0.717) is 5.56 Å². The van der Waals surface area contributed by atoms with Crippen LogP contribution in [-0.2, 0) is 10.0 Å². The highest BCUT2D eigenvalue weighted by Crippen LogP contribution is 2.23. The Morgan fingerprint density at radius 1 is 1.50 bits per heavy atom. The van der Waals surface area contributed by atoms with Gasteiger partial charge in [0.05, 0.1) is 22.4 Å². The van der Waals surface area contributed by atoms with Gasteiger partial charge in [0.1, 0.15) is 0 Å². The summed E-state index contributed by atoms with van der Waals surface area (Å²) in [5, 5.41) is 10.3. The highest BCUT2D eigenvalue weighted by molar-refractivity contribution is 7.89. The molecule has 22 heavy (non-hydrogen) atoms. The molecular formula is C13H18ClN3O4S. The maximum atomic E-state index is 12.4. The summed E-state index contributed by atoms with van der Waals surface area (Å²) < 4.78 is 24.9. The maximum Gasteiger partial charge on any atom is 0.255 e. The van der Waals surface area contributed by atoms with Gasteiger partial charge in [-0.2, -0.15) is 0 Å². The average molecular weight is 348 g/mol. The molecule has 2 heterocycles. The monoisotopic (exact) mass is 347 g/mol. The Morgan fingerprint density at radius 3 is 2.77 bits per heavy atom. The zero-order valence-corrected chi connectivity index (χ0v) is 13.9. The van der Waals surface area contributed by atoms with Crippen molar-refractivity contribution in [3.63, 3.8) is 0 Å². The van der Waals surface area contributed by atoms with Gasteiger partial charge in [0, 0.05) is 45.5 Å². The lowest BCUT2D eigenvalue weighted by Crippen LogP contribution is -2.33. The number of halogens is 1. The second kappa shape index (κ2) is 6.49. The molecule has 9 heteroatoms. The number of carbonyl (C=O) groups is 1. The minimum absolute atomic E-state index is 0.0884. The summed E-state index contributed by atoms with van der Waals surface area (Å²) in [6.45, 7) is 0.261. The van der Waals surface area contributed by atoms with Gasteiger partial charge in [0.2, 0.25) is 10.0 Å². The molecule has 7 nitrogen and oxygen atoms in total. The fraction of sp³-hybridized carbons (Fsp3) is 0.538. The summed E-state index contributed by atoms with van der Waals surface area (Å²) in [4.78, 5) is 17.6. The second-order valence-electron chi connectivity index (χ2n) is 5.45. The number of likely N-dealkylation sites (tertiary alicyclic amines) is 1. The number of hydrogen-bond donors (Lipinski definition) is 1. The summed E-state index contributed by atoms with van der Waals surface area (Å²) >= 11 is 5.94. The molecule has 0 bridgehead atoms. The Labute approximate surface area is 134 Å². The van der Waals surface area contributed by atoms with Crippen LogP contribution in [0.15, 0.2) is 18.5 Å². The molecule has 1 aliphatic heterocycles. The molecule has 0 aromatic carbocycles. The molecule has 0 aliphatic carbocycles. The van der Waals surface area contributed by atoms with Gasteiger partial charge in [0.25, 0.3) is 5.91 Å². The molecule has 2 atom stereocenters. The zero-order valence-electron chi connectivity index (χ0n) is 12.3. The Hall–Kier alpha value is -1.22. The van der Waals surface area contributed by atoms with E-state index in [1.165, 1.54) is 37.5 Å². The van der Waals surface area contributed by atoms with Crippen LogP contribution < -0.4 is 0 Å². The van der Waals surface area contributed by atoms with Crippen molar-refractivity contribution in [3.8, 4) is 0 Å². The van der Waals surface area contributed by atoms with Crippen LogP contribution in [0.5, 0.6) is 0 Å². The number of carbonyl (C=O) groups excluding carboxylic acids is 1. The predicted molar refractivity (Wildman–Crippen MR) is 82.1 cm³/mol. The van der Waals surface area contributed by atoms with Crippen LogP contribution in [0.2, 0.25) is 5.02 Å². The molecule has 1 aromatic rings. The van der Waals surface area contributed by atoms with Crippen molar-refractivity contribution >= 4 is 27.5 Å². The number of aromatic nitrogens is 1. The molecule has 1 aromatic heterocycles. The van der Waals surface area contributed by atoms with Gasteiger partial charge < -0.3 is 10.0 Å². The largest absolute Gasteiger partial charge is 0.391 e. The molecule has 0 saturated carbocycles. The Bertz CT molecular complexity index is 665. The Kier molecular flexibility index (Phi) is 5.06. The first-order chi connectivity index (χ1) is 10.2. The smallest absolute Gasteiger partial charge is 0.255 e. The minimum Gasteiger partial charge on any atom is -0.391 e. The summed E-state index contributed by atoms with van der Waals surface area (Å²) in [5.74, 6) is -1.05. The second-order valence-corrected chi connectivity index (χ2v) is 8.09. The standard InChI is InChI=1S/C13H18ClN3O4S/c1-16(2)22(20,21)8-9-6-17(7-12(9)18)13(19)10-3-4-15-5-11(10)14/h3-5,9,12,18H,6-8H2,1-2H3/t9-,12-/m0/s1. The molecule has 1 amide bonds. The fourth-order valence-corrected chi connectivity index (χ4v) is 3.69. The van der Waals surface area contributed by atoms with Crippen molar-refractivity contribution in [2.45, 2.75) is 6.10 Å². The van der Waals surface area contributed by atoms with E-state index in [1.807, 2.05) is 0 Å². The number of aliphatic hydroxyl groups is 1. The quantitative estimate of drug-likeness (QED) is 0.831. The third-order valence-corrected chi connectivity index (χ3v) is 5.94. The van der Waals surface area contributed by atoms with Crippen LogP contribution in [0.4, 0.5) is 0 Å². The van der Waals surface area contributed by atoms with Crippen molar-refractivity contribution in [3.05, 3.63) is 29.0 Å². The molecule has 0 radical (unpaired) electrons. The van der Waals surface area contributed by atoms with Gasteiger partial charge in [-0.1, -0.05) is 11.6 Å². The number of aliphatic hydroxyl groups excluding tert-OH is 1. The first-order valence-electron chi connectivity index (χ1n) is 6.69. The zero-order chi connectivity index (χ0) is 16.5. The van der Waals surface area contributed by atoms with E-state index < -0.39 is 22.0 Å². The van der Waals surface area contributed by atoms with Crippen LogP contribution >= 0.6 is 11.6 Å². The summed E-state index contributed by atoms with van der Waals surface area (Å²) in [6, 6.07) is 1.50. The van der Waals surface area contributed by atoms with E-state index >= 15 is 0 Å². The molecule has 1 saturated heterocycles. The number of pyridine rings is 1. The van der Waals surface area contributed by atoms with E-state index in [9.17, 15) is 18.3 Å². The number of β-amino-alcohol motifs (C(OH)–C–C–N with tert-alkyl or cyclic N) is 1. The number of sulfonamides is 1. The van der Waals surface area contributed by atoms with Gasteiger partial charge in [-0.25, -0.2) is 12.7 Å². The lowest BCUT2D eigenvalue weighted by molar-refractivity contribution is 0.0765. The number of rotatable bonds is 4. The normalized spacial score (nSPS) is 22.3. The highest BCUT2D eigenvalue weighted by Gasteiger charge is 2.37. The average Bonchev–Trinajstić information content (AvgIpc) is 2.79. The number of hydrogen-bond acceptors (Lipinski definition) is 5. The van der Waals surface area contributed by atoms with E-state index in [-0.39, 0.29) is 29.8 Å². The van der Waals surface area contributed by atoms with Crippen LogP contribution in [0, 0.1) is 5.92 Å². The molecule has 0 unspecified atom stereocenters. The molecule has 2 rings (SSSR count). The lowest BCUT2D eigenvalue weighted by atomic mass is 10.1. The summed E-state index contributed by atoms with van der Waals surface area (Å²) in [7, 11) is -0.556. The first kappa shape index (κ1) is 17.1. The third kappa shape index (κ3) is 3.57. The van der Waals surface area contributed by atoms with Crippen LogP contribution in [-0.4, -0.2) is 72.7 Å². The maximum absolute atomic E-state index is 12.4. The SMILES string of the molecule is CN(C)S(=O)(=O)C[C@@H]1CN(C(=O)c2ccncc2Cl)C[C@@H]1O. The molecule has 1 fully saturated rings. The van der Waals surface area contributed by atoms with Crippen LogP contribution in [0.3, 0.4) is 0 Å². The summed E-state index contributed by atoms with van der Waals surface area (Å²) in [5.41, 5.74) is 0.292. The Balaban J connectivity index is 2.11. The molecule has 1 aliphatic rings. The van der Waals surface area contributed by atoms with Crippen LogP contribution in [0.25, 0.3) is 0 Å². The van der Waals surface area contributed by atoms with Gasteiger partial charge >= 0.3 is 0 Å². The highest BCUT2D eigenvalue weighted by atomic mass is 35.5. The van der Waals surface area contributed by atoms with Crippen molar-refractivity contribution in [2.24, 2.45) is 5.92 Å². The first-order valence-corrected chi connectivity index (χ1v) is 8.68. The summed E-state index contributed by atoms with van der Waals surface area (Å²) in [6.07, 6.45) is 1.95. The van der Waals surface area contributed by atoms with Gasteiger partial charge in [-0.15, -0.1) is 0 Å². The molecule has 1 N–H and O–H groups in total. The van der Waals surface area contributed by atoms with E-state index in [4.69, 9.17) is 11.6 Å². The van der Waals surface area contributed by atoms with Gasteiger partial charge in [-0.05, 0) is 6.07 Å². The van der Waals surface area contributed by atoms with E-state index in [1.54, 1.807) is 0 Å². The Morgan fingerprint density at radius 2 is 2.18 bits per heavy atom. The molecule has 122 valence electrons. The lowest BCUT2D eigenvalue weighted by Gasteiger charge is -2.18. The molecular weight excluding hydrogens is 330 g/mol. The topological polar surface area (TPSA) is 90.8 Å². The number of nitrogens with zero attached hydrogens (tertiary/aromatic N) is 3. The van der Waals surface area contributed by atoms with E-state index in [2.05, 4.69) is 4.98 Å². The van der Waals surface area contributed by atoms with Crippen LogP contribution in [0.1, 0.15) is 10.4 Å². The predicted octanol–water partition coefficient (Wildman–Crippen LogP) is 0.0593. The van der Waals surface area contributed by atoms with Gasteiger partial charge in [0.15, 0.2) is 0 Å². The molecule has 0 spiro atoms. The third-order valence-electron chi connectivity index (χ3n) is 3.68. The van der Waals surface area contributed by atoms with E-state index in [0.717, 1.165) is 4.31 Å². The van der Waals surface area contributed by atoms with Crippen molar-refractivity contribution in [2.75, 3.05) is 32.9 Å². The van der Waals surface area contributed by atoms with Gasteiger partial charge in [-0.3, -0.25) is 9.78 Å².